The third-order valence-corrected chi connectivity index (χ3v) is 4.59. The molecule has 1 unspecified atom stereocenters. The number of hydrogen-bond donors (Lipinski definition) is 1. The molecule has 1 saturated carbocycles. The minimum atomic E-state index is 0.344. The van der Waals surface area contributed by atoms with Crippen LogP contribution in [0.15, 0.2) is 18.2 Å². The number of rotatable bonds is 6. The van der Waals surface area contributed by atoms with E-state index in [-0.39, 0.29) is 0 Å². The van der Waals surface area contributed by atoms with Crippen LogP contribution >= 0.6 is 0 Å². The van der Waals surface area contributed by atoms with Crippen molar-refractivity contribution in [1.29, 1.82) is 0 Å². The number of likely N-dealkylation sites (N-methyl/N-ethyl adjacent to an activating group) is 2. The maximum absolute atomic E-state index is 5.71. The SMILES string of the molecule is CCNC(CN(C)C1CCC1)c1ccc2c(c1)OCCO2. The zero-order valence-electron chi connectivity index (χ0n) is 13.1. The molecule has 0 bridgehead atoms. The van der Waals surface area contributed by atoms with Gasteiger partial charge in [-0.2, -0.15) is 0 Å². The van der Waals surface area contributed by atoms with Gasteiger partial charge in [-0.25, -0.2) is 0 Å². The van der Waals surface area contributed by atoms with Gasteiger partial charge in [-0.05, 0) is 44.1 Å². The lowest BCUT2D eigenvalue weighted by atomic mass is 9.91. The molecular weight excluding hydrogens is 264 g/mol. The van der Waals surface area contributed by atoms with E-state index >= 15 is 0 Å². The first-order valence-electron chi connectivity index (χ1n) is 8.11. The van der Waals surface area contributed by atoms with Crippen LogP contribution in [0.5, 0.6) is 11.5 Å². The molecule has 1 aromatic rings. The van der Waals surface area contributed by atoms with Crippen molar-refractivity contribution in [1.82, 2.24) is 10.2 Å². The van der Waals surface area contributed by atoms with E-state index in [1.807, 2.05) is 6.07 Å². The van der Waals surface area contributed by atoms with E-state index in [1.165, 1.54) is 24.8 Å². The Bertz CT molecular complexity index is 474. The lowest BCUT2D eigenvalue weighted by Gasteiger charge is -2.37. The number of nitrogens with zero attached hydrogens (tertiary/aromatic N) is 1. The predicted octanol–water partition coefficient (Wildman–Crippen LogP) is 2.59. The molecule has 1 N–H and O–H groups in total. The normalized spacial score (nSPS) is 19.4. The molecule has 3 rings (SSSR count). The van der Waals surface area contributed by atoms with E-state index in [0.717, 1.165) is 30.6 Å². The van der Waals surface area contributed by atoms with Crippen molar-refractivity contribution in [2.75, 3.05) is 33.4 Å². The first kappa shape index (κ1) is 14.7. The van der Waals surface area contributed by atoms with E-state index in [9.17, 15) is 0 Å². The second-order valence-electron chi connectivity index (χ2n) is 6.04. The second kappa shape index (κ2) is 6.67. The van der Waals surface area contributed by atoms with Crippen LogP contribution in [-0.4, -0.2) is 44.3 Å². The van der Waals surface area contributed by atoms with Crippen LogP contribution in [0.2, 0.25) is 0 Å². The largest absolute Gasteiger partial charge is 0.486 e. The Morgan fingerprint density at radius 3 is 2.67 bits per heavy atom. The number of ether oxygens (including phenoxy) is 2. The van der Waals surface area contributed by atoms with Crippen molar-refractivity contribution in [3.8, 4) is 11.5 Å². The summed E-state index contributed by atoms with van der Waals surface area (Å²) >= 11 is 0. The highest BCUT2D eigenvalue weighted by molar-refractivity contribution is 5.44. The van der Waals surface area contributed by atoms with Crippen LogP contribution in [-0.2, 0) is 0 Å². The van der Waals surface area contributed by atoms with Crippen molar-refractivity contribution in [2.45, 2.75) is 38.3 Å². The number of hydrogen-bond acceptors (Lipinski definition) is 4. The summed E-state index contributed by atoms with van der Waals surface area (Å²) in [5.74, 6) is 1.75. The number of benzene rings is 1. The lowest BCUT2D eigenvalue weighted by molar-refractivity contribution is 0.145. The fourth-order valence-electron chi connectivity index (χ4n) is 3.08. The Hall–Kier alpha value is -1.26. The maximum Gasteiger partial charge on any atom is 0.161 e. The zero-order chi connectivity index (χ0) is 14.7. The molecule has 0 radical (unpaired) electrons. The smallest absolute Gasteiger partial charge is 0.161 e. The lowest BCUT2D eigenvalue weighted by Crippen LogP contribution is -2.42. The highest BCUT2D eigenvalue weighted by atomic mass is 16.6. The third kappa shape index (κ3) is 3.33. The van der Waals surface area contributed by atoms with E-state index < -0.39 is 0 Å². The van der Waals surface area contributed by atoms with Gasteiger partial charge in [0.05, 0.1) is 0 Å². The van der Waals surface area contributed by atoms with Gasteiger partial charge < -0.3 is 19.7 Å². The molecule has 2 aliphatic rings. The van der Waals surface area contributed by atoms with Crippen LogP contribution in [0.1, 0.15) is 37.8 Å². The Morgan fingerprint density at radius 2 is 2.00 bits per heavy atom. The molecule has 1 fully saturated rings. The Labute approximate surface area is 127 Å². The van der Waals surface area contributed by atoms with Gasteiger partial charge in [0.15, 0.2) is 11.5 Å². The van der Waals surface area contributed by atoms with Crippen LogP contribution in [0.25, 0.3) is 0 Å². The quantitative estimate of drug-likeness (QED) is 0.873. The van der Waals surface area contributed by atoms with Gasteiger partial charge in [0, 0.05) is 18.6 Å². The molecule has 1 atom stereocenters. The third-order valence-electron chi connectivity index (χ3n) is 4.59. The topological polar surface area (TPSA) is 33.7 Å². The molecule has 4 heteroatoms. The molecule has 1 aromatic carbocycles. The molecular formula is C17H26N2O2. The van der Waals surface area contributed by atoms with E-state index in [0.29, 0.717) is 19.3 Å². The first-order chi connectivity index (χ1) is 10.3. The summed E-state index contributed by atoms with van der Waals surface area (Å²) in [7, 11) is 2.24. The molecule has 1 aliphatic heterocycles. The van der Waals surface area contributed by atoms with Crippen molar-refractivity contribution >= 4 is 0 Å². The van der Waals surface area contributed by atoms with Crippen LogP contribution in [0.4, 0.5) is 0 Å². The molecule has 0 spiro atoms. The summed E-state index contributed by atoms with van der Waals surface area (Å²) in [4.78, 5) is 2.49. The average Bonchev–Trinajstić information content (AvgIpc) is 2.44. The summed E-state index contributed by atoms with van der Waals surface area (Å²) in [6.45, 7) is 5.46. The fourth-order valence-corrected chi connectivity index (χ4v) is 3.08. The fraction of sp³-hybridized carbons (Fsp3) is 0.647. The van der Waals surface area contributed by atoms with Gasteiger partial charge in [0.2, 0.25) is 0 Å². The van der Waals surface area contributed by atoms with Crippen LogP contribution in [0.3, 0.4) is 0 Å². The van der Waals surface area contributed by atoms with E-state index in [2.05, 4.69) is 36.3 Å². The molecule has 1 aliphatic carbocycles. The molecule has 0 amide bonds. The van der Waals surface area contributed by atoms with Gasteiger partial charge in [0.25, 0.3) is 0 Å². The maximum atomic E-state index is 5.71. The molecule has 1 heterocycles. The highest BCUT2D eigenvalue weighted by Crippen LogP contribution is 2.33. The van der Waals surface area contributed by atoms with Crippen molar-refractivity contribution in [2.24, 2.45) is 0 Å². The zero-order valence-corrected chi connectivity index (χ0v) is 13.1. The minimum Gasteiger partial charge on any atom is -0.486 e. The molecule has 21 heavy (non-hydrogen) atoms. The standard InChI is InChI=1S/C17H26N2O2/c1-3-18-15(12-19(2)14-5-4-6-14)13-7-8-16-17(11-13)21-10-9-20-16/h7-8,11,14-15,18H,3-6,9-10,12H2,1-2H3. The second-order valence-corrected chi connectivity index (χ2v) is 6.04. The minimum absolute atomic E-state index is 0.344. The predicted molar refractivity (Wildman–Crippen MR) is 84.1 cm³/mol. The molecule has 0 aromatic heterocycles. The van der Waals surface area contributed by atoms with Gasteiger partial charge in [-0.1, -0.05) is 19.4 Å². The average molecular weight is 290 g/mol. The molecule has 4 nitrogen and oxygen atoms in total. The summed E-state index contributed by atoms with van der Waals surface area (Å²) in [6, 6.07) is 7.45. The Morgan fingerprint density at radius 1 is 1.24 bits per heavy atom. The van der Waals surface area contributed by atoms with Gasteiger partial charge in [-0.3, -0.25) is 0 Å². The van der Waals surface area contributed by atoms with Crippen LogP contribution in [0, 0.1) is 0 Å². The van der Waals surface area contributed by atoms with Crippen LogP contribution < -0.4 is 14.8 Å². The number of fused-ring (bicyclic) bond motifs is 1. The van der Waals surface area contributed by atoms with Gasteiger partial charge in [-0.15, -0.1) is 0 Å². The van der Waals surface area contributed by atoms with Crippen molar-refractivity contribution in [3.63, 3.8) is 0 Å². The monoisotopic (exact) mass is 290 g/mol. The highest BCUT2D eigenvalue weighted by Gasteiger charge is 2.25. The molecule has 116 valence electrons. The van der Waals surface area contributed by atoms with Crippen molar-refractivity contribution < 1.29 is 9.47 Å². The summed E-state index contributed by atoms with van der Waals surface area (Å²) < 4.78 is 11.3. The summed E-state index contributed by atoms with van der Waals surface area (Å²) in [6.07, 6.45) is 4.07. The Balaban J connectivity index is 1.73. The first-order valence-corrected chi connectivity index (χ1v) is 8.11. The summed E-state index contributed by atoms with van der Waals surface area (Å²) in [5, 5.41) is 3.60. The van der Waals surface area contributed by atoms with E-state index in [1.54, 1.807) is 0 Å². The van der Waals surface area contributed by atoms with E-state index in [4.69, 9.17) is 9.47 Å². The van der Waals surface area contributed by atoms with Gasteiger partial charge in [0.1, 0.15) is 13.2 Å². The molecule has 0 saturated heterocycles. The van der Waals surface area contributed by atoms with Gasteiger partial charge >= 0.3 is 0 Å². The Kier molecular flexibility index (Phi) is 4.66. The number of nitrogens with one attached hydrogen (secondary N) is 1. The van der Waals surface area contributed by atoms with Crippen molar-refractivity contribution in [3.05, 3.63) is 23.8 Å². The summed E-state index contributed by atoms with van der Waals surface area (Å²) in [5.41, 5.74) is 1.28.